The number of fused-ring (bicyclic) bond motifs is 1. The molecule has 0 saturated carbocycles. The van der Waals surface area contributed by atoms with Gasteiger partial charge < -0.3 is 9.84 Å². The fourth-order valence-corrected chi connectivity index (χ4v) is 3.85. The normalized spacial score (nSPS) is 11.5. The second-order valence-electron chi connectivity index (χ2n) is 6.11. The maximum absolute atomic E-state index is 12.4. The summed E-state index contributed by atoms with van der Waals surface area (Å²) in [7, 11) is -3.77. The van der Waals surface area contributed by atoms with Crippen LogP contribution in [0.1, 0.15) is 5.69 Å². The molecule has 9 heteroatoms. The number of aromatic nitrogens is 2. The molecule has 0 saturated heterocycles. The molecule has 0 unspecified atom stereocenters. The van der Waals surface area contributed by atoms with Crippen molar-refractivity contribution in [2.24, 2.45) is 0 Å². The van der Waals surface area contributed by atoms with Gasteiger partial charge in [0.05, 0.1) is 16.1 Å². The molecular formula is C19H15ClN4O3S. The van der Waals surface area contributed by atoms with E-state index < -0.39 is 10.0 Å². The van der Waals surface area contributed by atoms with Crippen LogP contribution >= 0.6 is 11.6 Å². The molecule has 0 spiro atoms. The summed E-state index contributed by atoms with van der Waals surface area (Å²) in [6.45, 7) is 1.71. The van der Waals surface area contributed by atoms with Crippen LogP contribution in [0.5, 0.6) is 0 Å². The van der Waals surface area contributed by atoms with Gasteiger partial charge in [-0.25, -0.2) is 13.1 Å². The van der Waals surface area contributed by atoms with E-state index in [9.17, 15) is 8.42 Å². The summed E-state index contributed by atoms with van der Waals surface area (Å²) in [5.41, 5.74) is 2.93. The summed E-state index contributed by atoms with van der Waals surface area (Å²) in [4.78, 5) is 4.42. The number of halogens is 1. The Kier molecular flexibility index (Phi) is 4.66. The third kappa shape index (κ3) is 3.78. The molecule has 0 atom stereocenters. The third-order valence-corrected chi connectivity index (χ3v) is 5.61. The van der Waals surface area contributed by atoms with Crippen molar-refractivity contribution in [3.8, 4) is 0 Å². The molecule has 0 amide bonds. The van der Waals surface area contributed by atoms with Crippen LogP contribution in [0.15, 0.2) is 70.2 Å². The molecule has 2 heterocycles. The van der Waals surface area contributed by atoms with Crippen LogP contribution in [0.3, 0.4) is 0 Å². The zero-order valence-corrected chi connectivity index (χ0v) is 16.3. The largest absolute Gasteiger partial charge is 0.355 e. The zero-order chi connectivity index (χ0) is 19.7. The molecule has 0 aliphatic heterocycles. The van der Waals surface area contributed by atoms with Crippen molar-refractivity contribution in [3.63, 3.8) is 0 Å². The van der Waals surface area contributed by atoms with Crippen molar-refractivity contribution in [3.05, 3.63) is 71.5 Å². The Labute approximate surface area is 166 Å². The van der Waals surface area contributed by atoms with E-state index in [1.165, 1.54) is 18.2 Å². The van der Waals surface area contributed by atoms with Crippen molar-refractivity contribution >= 4 is 49.8 Å². The lowest BCUT2D eigenvalue weighted by molar-refractivity contribution is 0.430. The SMILES string of the molecule is Cc1cc(NS(=O)(=O)c2ccc(Nc3ccnc4cc(Cl)ccc34)cc2)on1. The Balaban J connectivity index is 1.57. The molecule has 0 radical (unpaired) electrons. The lowest BCUT2D eigenvalue weighted by Gasteiger charge is -2.11. The van der Waals surface area contributed by atoms with Gasteiger partial charge in [0, 0.05) is 34.0 Å². The summed E-state index contributed by atoms with van der Waals surface area (Å²) in [5.74, 6) is 0.0709. The molecule has 0 aliphatic rings. The summed E-state index contributed by atoms with van der Waals surface area (Å²) in [6.07, 6.45) is 1.68. The number of benzene rings is 2. The van der Waals surface area contributed by atoms with Gasteiger partial charge in [-0.2, -0.15) is 0 Å². The first-order chi connectivity index (χ1) is 13.4. The second-order valence-corrected chi connectivity index (χ2v) is 8.23. The maximum Gasteiger partial charge on any atom is 0.264 e. The molecule has 4 rings (SSSR count). The average Bonchev–Trinajstić information content (AvgIpc) is 3.06. The van der Waals surface area contributed by atoms with Crippen LogP contribution in [0, 0.1) is 6.92 Å². The maximum atomic E-state index is 12.4. The minimum absolute atomic E-state index is 0.0709. The highest BCUT2D eigenvalue weighted by Gasteiger charge is 2.16. The number of anilines is 3. The van der Waals surface area contributed by atoms with Gasteiger partial charge in [-0.05, 0) is 55.5 Å². The first-order valence-corrected chi connectivity index (χ1v) is 10.1. The molecule has 0 aliphatic carbocycles. The van der Waals surface area contributed by atoms with Crippen LogP contribution in [-0.2, 0) is 10.0 Å². The number of nitrogens with one attached hydrogen (secondary N) is 2. The quantitative estimate of drug-likeness (QED) is 0.490. The lowest BCUT2D eigenvalue weighted by Crippen LogP contribution is -2.12. The minimum atomic E-state index is -3.77. The number of hydrogen-bond donors (Lipinski definition) is 2. The van der Waals surface area contributed by atoms with Gasteiger partial charge in [0.15, 0.2) is 0 Å². The standard InChI is InChI=1S/C19H15ClN4O3S/c1-12-10-19(27-23-12)24-28(25,26)15-5-3-14(4-6-15)22-17-8-9-21-18-11-13(20)2-7-16(17)18/h2-11,24H,1H3,(H,21,22). The second kappa shape index (κ2) is 7.14. The Bertz CT molecular complexity index is 1250. The fourth-order valence-electron chi connectivity index (χ4n) is 2.71. The Morgan fingerprint density at radius 1 is 1.04 bits per heavy atom. The van der Waals surface area contributed by atoms with Gasteiger partial charge in [-0.15, -0.1) is 0 Å². The molecule has 4 aromatic rings. The monoisotopic (exact) mass is 414 g/mol. The fraction of sp³-hybridized carbons (Fsp3) is 0.0526. The van der Waals surface area contributed by atoms with E-state index in [1.807, 2.05) is 12.1 Å². The predicted octanol–water partition coefficient (Wildman–Crippen LogP) is 4.73. The lowest BCUT2D eigenvalue weighted by atomic mass is 10.2. The summed E-state index contributed by atoms with van der Waals surface area (Å²) in [5, 5.41) is 8.45. The molecule has 28 heavy (non-hydrogen) atoms. The van der Waals surface area contributed by atoms with Crippen LogP contribution in [0.25, 0.3) is 10.9 Å². The first-order valence-electron chi connectivity index (χ1n) is 8.28. The first kappa shape index (κ1) is 18.3. The Morgan fingerprint density at radius 2 is 1.82 bits per heavy atom. The highest BCUT2D eigenvalue weighted by Crippen LogP contribution is 2.27. The number of rotatable bonds is 5. The predicted molar refractivity (Wildman–Crippen MR) is 109 cm³/mol. The van der Waals surface area contributed by atoms with Crippen LogP contribution < -0.4 is 10.0 Å². The molecular weight excluding hydrogens is 400 g/mol. The summed E-state index contributed by atoms with van der Waals surface area (Å²) in [6, 6.07) is 15.2. The Hall–Kier alpha value is -3.10. The number of hydrogen-bond acceptors (Lipinski definition) is 6. The minimum Gasteiger partial charge on any atom is -0.355 e. The number of aryl methyl sites for hydroxylation is 1. The molecule has 0 bridgehead atoms. The Morgan fingerprint density at radius 3 is 2.54 bits per heavy atom. The van der Waals surface area contributed by atoms with Gasteiger partial charge >= 0.3 is 0 Å². The van der Waals surface area contributed by atoms with Crippen LogP contribution in [0.2, 0.25) is 5.02 Å². The van der Waals surface area contributed by atoms with Gasteiger partial charge in [0.1, 0.15) is 0 Å². The molecule has 7 nitrogen and oxygen atoms in total. The van der Waals surface area contributed by atoms with Crippen molar-refractivity contribution < 1.29 is 12.9 Å². The van der Waals surface area contributed by atoms with Crippen molar-refractivity contribution in [2.75, 3.05) is 10.0 Å². The van der Waals surface area contributed by atoms with E-state index in [-0.39, 0.29) is 10.8 Å². The topological polar surface area (TPSA) is 97.1 Å². The van der Waals surface area contributed by atoms with Gasteiger partial charge in [-0.3, -0.25) is 4.98 Å². The van der Waals surface area contributed by atoms with E-state index in [2.05, 4.69) is 20.2 Å². The van der Waals surface area contributed by atoms with Gasteiger partial charge in [0.25, 0.3) is 10.0 Å². The van der Waals surface area contributed by atoms with Gasteiger partial charge in [-0.1, -0.05) is 16.8 Å². The van der Waals surface area contributed by atoms with Crippen molar-refractivity contribution in [2.45, 2.75) is 11.8 Å². The van der Waals surface area contributed by atoms with Gasteiger partial charge in [0.2, 0.25) is 5.88 Å². The summed E-state index contributed by atoms with van der Waals surface area (Å²) < 4.78 is 32.2. The molecule has 2 aromatic carbocycles. The van der Waals surface area contributed by atoms with E-state index in [4.69, 9.17) is 16.1 Å². The molecule has 142 valence electrons. The smallest absolute Gasteiger partial charge is 0.264 e. The molecule has 2 N–H and O–H groups in total. The average molecular weight is 415 g/mol. The molecule has 0 fully saturated rings. The number of sulfonamides is 1. The highest BCUT2D eigenvalue weighted by atomic mass is 35.5. The van der Waals surface area contributed by atoms with E-state index in [1.54, 1.807) is 37.4 Å². The number of pyridine rings is 1. The summed E-state index contributed by atoms with van der Waals surface area (Å²) >= 11 is 6.02. The van der Waals surface area contributed by atoms with Crippen LogP contribution in [-0.4, -0.2) is 18.6 Å². The van der Waals surface area contributed by atoms with E-state index in [0.717, 1.165) is 22.3 Å². The van der Waals surface area contributed by atoms with Crippen molar-refractivity contribution in [1.29, 1.82) is 0 Å². The highest BCUT2D eigenvalue weighted by molar-refractivity contribution is 7.92. The van der Waals surface area contributed by atoms with Crippen LogP contribution in [0.4, 0.5) is 17.3 Å². The zero-order valence-electron chi connectivity index (χ0n) is 14.7. The van der Waals surface area contributed by atoms with Crippen molar-refractivity contribution in [1.82, 2.24) is 10.1 Å². The van der Waals surface area contributed by atoms with E-state index in [0.29, 0.717) is 10.7 Å². The van der Waals surface area contributed by atoms with E-state index >= 15 is 0 Å². The number of nitrogens with zero attached hydrogens (tertiary/aromatic N) is 2. The molecule has 2 aromatic heterocycles. The third-order valence-electron chi connectivity index (χ3n) is 4.01.